The third kappa shape index (κ3) is 2.83. The van der Waals surface area contributed by atoms with Gasteiger partial charge >= 0.3 is 0 Å². The fourth-order valence-electron chi connectivity index (χ4n) is 2.47. The highest BCUT2D eigenvalue weighted by molar-refractivity contribution is 8.13. The summed E-state index contributed by atoms with van der Waals surface area (Å²) in [6, 6.07) is 0.367. The SMILES string of the molecule is Cc1nc(S(=O)(=O)Cl)cn1C1CCC(C)CC1. The van der Waals surface area contributed by atoms with Crippen molar-refractivity contribution in [3.05, 3.63) is 12.0 Å². The van der Waals surface area contributed by atoms with E-state index in [4.69, 9.17) is 10.7 Å². The van der Waals surface area contributed by atoms with Crippen molar-refractivity contribution in [1.82, 2.24) is 9.55 Å². The Labute approximate surface area is 106 Å². The first-order valence-electron chi connectivity index (χ1n) is 5.88. The molecule has 0 amide bonds. The molecule has 1 aliphatic rings. The van der Waals surface area contributed by atoms with E-state index in [0.717, 1.165) is 24.6 Å². The molecule has 2 rings (SSSR count). The van der Waals surface area contributed by atoms with Crippen LogP contribution >= 0.6 is 10.7 Å². The van der Waals surface area contributed by atoms with Crippen molar-refractivity contribution in [3.63, 3.8) is 0 Å². The monoisotopic (exact) mass is 276 g/mol. The molecule has 1 saturated carbocycles. The molecule has 0 aromatic carbocycles. The minimum absolute atomic E-state index is 0.0321. The second kappa shape index (κ2) is 4.61. The third-order valence-electron chi connectivity index (χ3n) is 3.52. The van der Waals surface area contributed by atoms with E-state index < -0.39 is 9.05 Å². The number of rotatable bonds is 2. The molecule has 1 aromatic heterocycles. The zero-order valence-electron chi connectivity index (χ0n) is 10.1. The normalized spacial score (nSPS) is 26.1. The lowest BCUT2D eigenvalue weighted by Crippen LogP contribution is -2.17. The van der Waals surface area contributed by atoms with E-state index in [1.54, 1.807) is 6.20 Å². The first-order valence-corrected chi connectivity index (χ1v) is 8.19. The maximum absolute atomic E-state index is 11.2. The van der Waals surface area contributed by atoms with Crippen LogP contribution in [0.1, 0.15) is 44.5 Å². The smallest absolute Gasteiger partial charge is 0.280 e. The molecule has 1 aliphatic carbocycles. The standard InChI is InChI=1S/C11H17ClN2O2S/c1-8-3-5-10(6-4-8)14-7-11(13-9(14)2)17(12,15)16/h7-8,10H,3-6H2,1-2H3. The molecule has 0 radical (unpaired) electrons. The predicted octanol–water partition coefficient (Wildman–Crippen LogP) is 2.87. The Hall–Kier alpha value is -0.550. The number of hydrogen-bond donors (Lipinski definition) is 0. The van der Waals surface area contributed by atoms with Crippen LogP contribution in [-0.2, 0) is 9.05 Å². The van der Waals surface area contributed by atoms with Gasteiger partial charge in [0.2, 0.25) is 0 Å². The van der Waals surface area contributed by atoms with Crippen molar-refractivity contribution >= 4 is 19.7 Å². The molecule has 1 fully saturated rings. The van der Waals surface area contributed by atoms with Gasteiger partial charge in [-0.2, -0.15) is 0 Å². The second-order valence-electron chi connectivity index (χ2n) is 4.89. The van der Waals surface area contributed by atoms with E-state index in [1.807, 2.05) is 11.5 Å². The fraction of sp³-hybridized carbons (Fsp3) is 0.727. The zero-order valence-corrected chi connectivity index (χ0v) is 11.6. The average Bonchev–Trinajstić information content (AvgIpc) is 2.61. The summed E-state index contributed by atoms with van der Waals surface area (Å²) < 4.78 is 24.4. The van der Waals surface area contributed by atoms with Gasteiger partial charge in [-0.1, -0.05) is 6.92 Å². The van der Waals surface area contributed by atoms with E-state index in [0.29, 0.717) is 6.04 Å². The Morgan fingerprint density at radius 2 is 1.94 bits per heavy atom. The van der Waals surface area contributed by atoms with Crippen molar-refractivity contribution < 1.29 is 8.42 Å². The second-order valence-corrected chi connectivity index (χ2v) is 7.40. The Kier molecular flexibility index (Phi) is 3.50. The summed E-state index contributed by atoms with van der Waals surface area (Å²) in [7, 11) is 1.59. The fourth-order valence-corrected chi connectivity index (χ4v) is 3.17. The van der Waals surface area contributed by atoms with Gasteiger partial charge in [-0.3, -0.25) is 0 Å². The van der Waals surface area contributed by atoms with Gasteiger partial charge in [0.15, 0.2) is 5.03 Å². The summed E-state index contributed by atoms with van der Waals surface area (Å²) in [4.78, 5) is 4.02. The molecular weight excluding hydrogens is 260 g/mol. The molecule has 0 spiro atoms. The molecule has 4 nitrogen and oxygen atoms in total. The lowest BCUT2D eigenvalue weighted by molar-refractivity contribution is 0.286. The van der Waals surface area contributed by atoms with E-state index in [9.17, 15) is 8.42 Å². The molecule has 17 heavy (non-hydrogen) atoms. The minimum atomic E-state index is -3.71. The molecule has 6 heteroatoms. The number of halogens is 1. The van der Waals surface area contributed by atoms with Crippen molar-refractivity contribution in [2.24, 2.45) is 5.92 Å². The molecule has 0 saturated heterocycles. The maximum atomic E-state index is 11.2. The van der Waals surface area contributed by atoms with Crippen molar-refractivity contribution in [2.45, 2.75) is 50.6 Å². The largest absolute Gasteiger partial charge is 0.331 e. The van der Waals surface area contributed by atoms with Crippen LogP contribution in [0.2, 0.25) is 0 Å². The van der Waals surface area contributed by atoms with Gasteiger partial charge in [-0.05, 0) is 38.5 Å². The summed E-state index contributed by atoms with van der Waals surface area (Å²) in [6.45, 7) is 4.08. The summed E-state index contributed by atoms with van der Waals surface area (Å²) in [5.74, 6) is 1.50. The zero-order chi connectivity index (χ0) is 12.6. The topological polar surface area (TPSA) is 52.0 Å². The van der Waals surface area contributed by atoms with Crippen LogP contribution < -0.4 is 0 Å². The van der Waals surface area contributed by atoms with E-state index in [2.05, 4.69) is 11.9 Å². The first-order chi connectivity index (χ1) is 7.88. The van der Waals surface area contributed by atoms with Crippen LogP contribution in [0.25, 0.3) is 0 Å². The Morgan fingerprint density at radius 3 is 2.41 bits per heavy atom. The first kappa shape index (κ1) is 12.9. The highest BCUT2D eigenvalue weighted by Crippen LogP contribution is 2.33. The van der Waals surface area contributed by atoms with Crippen LogP contribution in [0.15, 0.2) is 11.2 Å². The lowest BCUT2D eigenvalue weighted by Gasteiger charge is -2.27. The van der Waals surface area contributed by atoms with Crippen molar-refractivity contribution in [1.29, 1.82) is 0 Å². The number of imidazole rings is 1. The van der Waals surface area contributed by atoms with Gasteiger partial charge in [0.25, 0.3) is 9.05 Å². The van der Waals surface area contributed by atoms with Crippen LogP contribution in [0.4, 0.5) is 0 Å². The minimum Gasteiger partial charge on any atom is -0.331 e. The molecule has 0 N–H and O–H groups in total. The van der Waals surface area contributed by atoms with Crippen LogP contribution in [0, 0.1) is 12.8 Å². The lowest BCUT2D eigenvalue weighted by atomic mass is 9.87. The molecule has 0 aliphatic heterocycles. The number of aryl methyl sites for hydroxylation is 1. The van der Waals surface area contributed by atoms with Gasteiger partial charge < -0.3 is 4.57 Å². The maximum Gasteiger partial charge on any atom is 0.280 e. The molecule has 96 valence electrons. The average molecular weight is 277 g/mol. The van der Waals surface area contributed by atoms with Crippen LogP contribution in [0.5, 0.6) is 0 Å². The molecular formula is C11H17ClN2O2S. The van der Waals surface area contributed by atoms with Gasteiger partial charge in [0, 0.05) is 22.9 Å². The molecule has 1 heterocycles. The predicted molar refractivity (Wildman–Crippen MR) is 66.7 cm³/mol. The molecule has 0 atom stereocenters. The van der Waals surface area contributed by atoms with Gasteiger partial charge in [-0.25, -0.2) is 13.4 Å². The van der Waals surface area contributed by atoms with Crippen LogP contribution in [-0.4, -0.2) is 18.0 Å². The number of hydrogen-bond acceptors (Lipinski definition) is 3. The Balaban J connectivity index is 2.25. The van der Waals surface area contributed by atoms with E-state index in [1.165, 1.54) is 12.8 Å². The summed E-state index contributed by atoms with van der Waals surface area (Å²) in [5, 5.41) is -0.0321. The third-order valence-corrected chi connectivity index (χ3v) is 4.69. The Morgan fingerprint density at radius 1 is 1.35 bits per heavy atom. The number of aromatic nitrogens is 2. The summed E-state index contributed by atoms with van der Waals surface area (Å²) >= 11 is 0. The summed E-state index contributed by atoms with van der Waals surface area (Å²) in [5.41, 5.74) is 0. The van der Waals surface area contributed by atoms with Gasteiger partial charge in [-0.15, -0.1) is 0 Å². The Bertz CT molecular complexity index is 502. The van der Waals surface area contributed by atoms with E-state index in [-0.39, 0.29) is 5.03 Å². The van der Waals surface area contributed by atoms with E-state index >= 15 is 0 Å². The molecule has 0 bridgehead atoms. The number of nitrogens with zero attached hydrogens (tertiary/aromatic N) is 2. The van der Waals surface area contributed by atoms with Crippen LogP contribution in [0.3, 0.4) is 0 Å². The quantitative estimate of drug-likeness (QED) is 0.781. The summed E-state index contributed by atoms with van der Waals surface area (Å²) in [6.07, 6.45) is 6.11. The van der Waals surface area contributed by atoms with Gasteiger partial charge in [0.1, 0.15) is 5.82 Å². The van der Waals surface area contributed by atoms with Gasteiger partial charge in [0.05, 0.1) is 0 Å². The van der Waals surface area contributed by atoms with Crippen molar-refractivity contribution in [2.75, 3.05) is 0 Å². The van der Waals surface area contributed by atoms with Crippen molar-refractivity contribution in [3.8, 4) is 0 Å². The highest BCUT2D eigenvalue weighted by atomic mass is 35.7. The highest BCUT2D eigenvalue weighted by Gasteiger charge is 2.23. The molecule has 1 aromatic rings. The molecule has 0 unspecified atom stereocenters.